The van der Waals surface area contributed by atoms with Crippen molar-refractivity contribution in [2.24, 2.45) is 7.05 Å². The zero-order chi connectivity index (χ0) is 20.4. The largest absolute Gasteiger partial charge is 0.354 e. The first kappa shape index (κ1) is 19.0. The maximum absolute atomic E-state index is 13.4. The molecule has 2 heterocycles. The third kappa shape index (κ3) is 3.94. The van der Waals surface area contributed by atoms with E-state index >= 15 is 0 Å². The van der Waals surface area contributed by atoms with Gasteiger partial charge in [0.05, 0.1) is 6.54 Å². The summed E-state index contributed by atoms with van der Waals surface area (Å²) in [6.45, 7) is 2.56. The molecule has 4 nitrogen and oxygen atoms in total. The summed E-state index contributed by atoms with van der Waals surface area (Å²) in [7, 11) is 2.00. The first-order valence-electron chi connectivity index (χ1n) is 9.76. The third-order valence-corrected chi connectivity index (χ3v) is 5.49. The number of halogens is 1. The molecule has 2 aromatic carbocycles. The van der Waals surface area contributed by atoms with Gasteiger partial charge in [0.25, 0.3) is 0 Å². The quantitative estimate of drug-likeness (QED) is 0.486. The molecule has 0 saturated carbocycles. The number of hydrogen-bond acceptors (Lipinski definition) is 1. The number of benzene rings is 2. The van der Waals surface area contributed by atoms with Crippen molar-refractivity contribution in [3.05, 3.63) is 83.4 Å². The topological polar surface area (TPSA) is 49.8 Å². The SMILES string of the molecule is Cc1ccc(CNC(=O)CCc2c(-c3ccc(F)cc3)[nH]c3ccccc23)n1C. The summed E-state index contributed by atoms with van der Waals surface area (Å²) < 4.78 is 15.4. The molecule has 0 saturated heterocycles. The monoisotopic (exact) mass is 389 g/mol. The van der Waals surface area contributed by atoms with Crippen LogP contribution in [-0.2, 0) is 24.8 Å². The van der Waals surface area contributed by atoms with Gasteiger partial charge in [-0.1, -0.05) is 18.2 Å². The minimum Gasteiger partial charge on any atom is -0.354 e. The summed E-state index contributed by atoms with van der Waals surface area (Å²) >= 11 is 0. The Labute approximate surface area is 169 Å². The van der Waals surface area contributed by atoms with Gasteiger partial charge in [0.1, 0.15) is 5.82 Å². The summed E-state index contributed by atoms with van der Waals surface area (Å²) in [5.41, 5.74) is 6.19. The van der Waals surface area contributed by atoms with E-state index in [0.717, 1.165) is 39.1 Å². The molecular formula is C24H24FN3O. The highest BCUT2D eigenvalue weighted by Gasteiger charge is 2.15. The number of aromatic amines is 1. The average Bonchev–Trinajstić information content (AvgIpc) is 3.25. The molecule has 2 N–H and O–H groups in total. The zero-order valence-corrected chi connectivity index (χ0v) is 16.6. The molecule has 0 aliphatic carbocycles. The van der Waals surface area contributed by atoms with Gasteiger partial charge in [-0.25, -0.2) is 4.39 Å². The van der Waals surface area contributed by atoms with Gasteiger partial charge in [-0.3, -0.25) is 4.79 Å². The number of carbonyl (C=O) groups is 1. The lowest BCUT2D eigenvalue weighted by Gasteiger charge is -2.09. The van der Waals surface area contributed by atoms with Crippen molar-refractivity contribution in [2.75, 3.05) is 0 Å². The Kier molecular flexibility index (Phi) is 5.21. The molecule has 2 aromatic heterocycles. The van der Waals surface area contributed by atoms with Crippen LogP contribution in [0.4, 0.5) is 4.39 Å². The van der Waals surface area contributed by atoms with Crippen LogP contribution in [0.15, 0.2) is 60.7 Å². The number of nitrogens with one attached hydrogen (secondary N) is 2. The van der Waals surface area contributed by atoms with Gasteiger partial charge in [-0.05, 0) is 66.9 Å². The van der Waals surface area contributed by atoms with Crippen LogP contribution < -0.4 is 5.32 Å². The molecule has 5 heteroatoms. The van der Waals surface area contributed by atoms with Crippen LogP contribution in [0, 0.1) is 12.7 Å². The van der Waals surface area contributed by atoms with Gasteiger partial charge in [0.2, 0.25) is 5.91 Å². The van der Waals surface area contributed by atoms with Crippen LogP contribution in [0.25, 0.3) is 22.2 Å². The summed E-state index contributed by atoms with van der Waals surface area (Å²) in [4.78, 5) is 15.9. The number of rotatable bonds is 6. The smallest absolute Gasteiger partial charge is 0.220 e. The molecule has 4 aromatic rings. The maximum Gasteiger partial charge on any atom is 0.220 e. The summed E-state index contributed by atoms with van der Waals surface area (Å²) in [6.07, 6.45) is 0.994. The fraction of sp³-hybridized carbons (Fsp3) is 0.208. The van der Waals surface area contributed by atoms with E-state index in [2.05, 4.69) is 20.9 Å². The summed E-state index contributed by atoms with van der Waals surface area (Å²) in [6, 6.07) is 18.6. The van der Waals surface area contributed by atoms with Crippen molar-refractivity contribution >= 4 is 16.8 Å². The van der Waals surface area contributed by atoms with Gasteiger partial charge in [-0.15, -0.1) is 0 Å². The van der Waals surface area contributed by atoms with E-state index in [-0.39, 0.29) is 11.7 Å². The van der Waals surface area contributed by atoms with E-state index in [1.807, 2.05) is 44.3 Å². The molecule has 0 unspecified atom stereocenters. The molecule has 0 bridgehead atoms. The first-order valence-corrected chi connectivity index (χ1v) is 9.76. The molecule has 0 aliphatic rings. The number of aryl methyl sites for hydroxylation is 2. The Morgan fingerprint density at radius 2 is 1.83 bits per heavy atom. The molecule has 148 valence electrons. The Hall–Kier alpha value is -3.34. The van der Waals surface area contributed by atoms with Gasteiger partial charge >= 0.3 is 0 Å². The van der Waals surface area contributed by atoms with E-state index < -0.39 is 0 Å². The number of amides is 1. The van der Waals surface area contributed by atoms with E-state index in [4.69, 9.17) is 0 Å². The lowest BCUT2D eigenvalue weighted by atomic mass is 10.0. The van der Waals surface area contributed by atoms with Crippen LogP contribution in [0.1, 0.15) is 23.4 Å². The van der Waals surface area contributed by atoms with E-state index in [1.54, 1.807) is 12.1 Å². The highest BCUT2D eigenvalue weighted by molar-refractivity contribution is 5.91. The number of carbonyl (C=O) groups excluding carboxylic acids is 1. The second-order valence-corrected chi connectivity index (χ2v) is 7.33. The number of para-hydroxylation sites is 1. The van der Waals surface area contributed by atoms with Crippen molar-refractivity contribution in [1.29, 1.82) is 0 Å². The Balaban J connectivity index is 1.52. The van der Waals surface area contributed by atoms with E-state index in [0.29, 0.717) is 19.4 Å². The van der Waals surface area contributed by atoms with Gasteiger partial charge in [0, 0.05) is 41.5 Å². The minimum atomic E-state index is -0.262. The van der Waals surface area contributed by atoms with E-state index in [9.17, 15) is 9.18 Å². The Morgan fingerprint density at radius 3 is 2.55 bits per heavy atom. The summed E-state index contributed by atoms with van der Waals surface area (Å²) in [5.74, 6) is -0.249. The predicted molar refractivity (Wildman–Crippen MR) is 114 cm³/mol. The minimum absolute atomic E-state index is 0.0131. The number of fused-ring (bicyclic) bond motifs is 1. The molecule has 0 atom stereocenters. The van der Waals surface area contributed by atoms with Crippen LogP contribution in [0.5, 0.6) is 0 Å². The Morgan fingerprint density at radius 1 is 1.07 bits per heavy atom. The number of nitrogens with zero attached hydrogens (tertiary/aromatic N) is 1. The highest BCUT2D eigenvalue weighted by atomic mass is 19.1. The number of hydrogen-bond donors (Lipinski definition) is 2. The highest BCUT2D eigenvalue weighted by Crippen LogP contribution is 2.31. The fourth-order valence-corrected chi connectivity index (χ4v) is 3.68. The van der Waals surface area contributed by atoms with Crippen LogP contribution in [0.3, 0.4) is 0 Å². The normalized spacial score (nSPS) is 11.1. The molecule has 29 heavy (non-hydrogen) atoms. The number of H-pyrrole nitrogens is 1. The molecule has 0 aliphatic heterocycles. The molecule has 0 fully saturated rings. The lowest BCUT2D eigenvalue weighted by molar-refractivity contribution is -0.121. The van der Waals surface area contributed by atoms with Gasteiger partial charge in [-0.2, -0.15) is 0 Å². The van der Waals surface area contributed by atoms with Crippen molar-refractivity contribution in [3.63, 3.8) is 0 Å². The van der Waals surface area contributed by atoms with Crippen molar-refractivity contribution in [2.45, 2.75) is 26.3 Å². The van der Waals surface area contributed by atoms with Crippen LogP contribution >= 0.6 is 0 Å². The van der Waals surface area contributed by atoms with Gasteiger partial charge < -0.3 is 14.9 Å². The fourth-order valence-electron chi connectivity index (χ4n) is 3.68. The summed E-state index contributed by atoms with van der Waals surface area (Å²) in [5, 5.41) is 4.11. The van der Waals surface area contributed by atoms with Crippen molar-refractivity contribution in [1.82, 2.24) is 14.9 Å². The Bertz CT molecular complexity index is 1150. The van der Waals surface area contributed by atoms with Crippen LogP contribution in [-0.4, -0.2) is 15.5 Å². The molecular weight excluding hydrogens is 365 g/mol. The van der Waals surface area contributed by atoms with Crippen molar-refractivity contribution in [3.8, 4) is 11.3 Å². The van der Waals surface area contributed by atoms with Crippen molar-refractivity contribution < 1.29 is 9.18 Å². The molecule has 0 radical (unpaired) electrons. The first-order chi connectivity index (χ1) is 14.0. The molecule has 4 rings (SSSR count). The van der Waals surface area contributed by atoms with Crippen LogP contribution in [0.2, 0.25) is 0 Å². The average molecular weight is 389 g/mol. The maximum atomic E-state index is 13.4. The zero-order valence-electron chi connectivity index (χ0n) is 16.6. The standard InChI is InChI=1S/C24H24FN3O/c1-16-7-12-19(28(16)2)15-26-23(29)14-13-21-20-5-3-4-6-22(20)27-24(21)17-8-10-18(25)11-9-17/h3-12,27H,13-15H2,1-2H3,(H,26,29). The third-order valence-electron chi connectivity index (χ3n) is 5.49. The van der Waals surface area contributed by atoms with E-state index in [1.165, 1.54) is 12.1 Å². The lowest BCUT2D eigenvalue weighted by Crippen LogP contribution is -2.24. The molecule has 1 amide bonds. The second kappa shape index (κ2) is 7.95. The second-order valence-electron chi connectivity index (χ2n) is 7.33. The number of aromatic nitrogens is 2. The molecule has 0 spiro atoms. The predicted octanol–water partition coefficient (Wildman–Crippen LogP) is 4.87. The van der Waals surface area contributed by atoms with Gasteiger partial charge in [0.15, 0.2) is 0 Å².